The van der Waals surface area contributed by atoms with Gasteiger partial charge in [0.15, 0.2) is 0 Å². The number of hydrogen-bond donors (Lipinski definition) is 0. The fraction of sp³-hybridized carbons (Fsp3) is 0.714. The van der Waals surface area contributed by atoms with Gasteiger partial charge in [-0.1, -0.05) is 29.8 Å². The third-order valence-corrected chi connectivity index (χ3v) is 3.29. The Labute approximate surface area is 124 Å². The van der Waals surface area contributed by atoms with E-state index in [0.29, 0.717) is 11.9 Å². The highest BCUT2D eigenvalue weighted by Crippen LogP contribution is 2.19. The van der Waals surface area contributed by atoms with Crippen LogP contribution in [0.1, 0.15) is 40.5 Å². The first kappa shape index (κ1) is 16.2. The van der Waals surface area contributed by atoms with Crippen molar-refractivity contribution in [2.75, 3.05) is 16.8 Å². The number of hydrogen-bond acceptors (Lipinski definition) is 4. The second-order valence-electron chi connectivity index (χ2n) is 4.71. The van der Waals surface area contributed by atoms with Crippen molar-refractivity contribution >= 4 is 21.9 Å². The lowest BCUT2D eigenvalue weighted by Gasteiger charge is -2.30. The topological polar surface area (TPSA) is 38.2 Å². The van der Waals surface area contributed by atoms with Gasteiger partial charge in [0.25, 0.3) is 0 Å². The Balaban J connectivity index is 2.94. The fourth-order valence-corrected chi connectivity index (χ4v) is 2.43. The van der Waals surface area contributed by atoms with E-state index in [0.717, 1.165) is 30.7 Å². The summed E-state index contributed by atoms with van der Waals surface area (Å²) in [7, 11) is 0. The summed E-state index contributed by atoms with van der Waals surface area (Å²) in [5, 5.41) is 0.905. The van der Waals surface area contributed by atoms with Crippen molar-refractivity contribution in [1.29, 1.82) is 0 Å². The molecule has 0 bridgehead atoms. The van der Waals surface area contributed by atoms with E-state index in [-0.39, 0.29) is 6.10 Å². The molecular weight excluding hydrogens is 306 g/mol. The van der Waals surface area contributed by atoms with Gasteiger partial charge in [-0.25, -0.2) is 4.98 Å². The molecule has 0 unspecified atom stereocenters. The molecule has 1 aromatic heterocycles. The predicted octanol–water partition coefficient (Wildman–Crippen LogP) is 3.65. The van der Waals surface area contributed by atoms with Gasteiger partial charge in [0, 0.05) is 30.2 Å². The molecule has 5 heteroatoms. The number of rotatable bonds is 8. The van der Waals surface area contributed by atoms with E-state index in [1.54, 1.807) is 6.20 Å². The Hall–Kier alpha value is -0.840. The van der Waals surface area contributed by atoms with E-state index in [2.05, 4.69) is 44.6 Å². The number of aromatic nitrogens is 2. The second kappa shape index (κ2) is 8.35. The van der Waals surface area contributed by atoms with Crippen LogP contribution in [0.15, 0.2) is 12.3 Å². The molecule has 0 saturated carbocycles. The summed E-state index contributed by atoms with van der Waals surface area (Å²) in [6, 6.07) is 2.27. The highest BCUT2D eigenvalue weighted by atomic mass is 79.9. The van der Waals surface area contributed by atoms with Gasteiger partial charge in [0.05, 0.1) is 6.10 Å². The van der Waals surface area contributed by atoms with Crippen LogP contribution >= 0.6 is 15.9 Å². The van der Waals surface area contributed by atoms with Crippen molar-refractivity contribution in [3.63, 3.8) is 0 Å². The maximum absolute atomic E-state index is 5.64. The first-order valence-electron chi connectivity index (χ1n) is 6.94. The number of halogens is 1. The van der Waals surface area contributed by atoms with Crippen molar-refractivity contribution < 1.29 is 4.74 Å². The summed E-state index contributed by atoms with van der Waals surface area (Å²) in [6.45, 7) is 9.29. The van der Waals surface area contributed by atoms with E-state index >= 15 is 0 Å². The van der Waals surface area contributed by atoms with Crippen molar-refractivity contribution in [3.8, 4) is 5.88 Å². The number of nitrogens with zero attached hydrogens (tertiary/aromatic N) is 3. The van der Waals surface area contributed by atoms with Crippen LogP contribution in [0.2, 0.25) is 0 Å². The SMILES string of the molecule is CCC(CC)N(CCBr)c1nccc(OC(C)C)n1. The molecule has 0 amide bonds. The van der Waals surface area contributed by atoms with Crippen molar-refractivity contribution in [2.24, 2.45) is 0 Å². The minimum Gasteiger partial charge on any atom is -0.475 e. The molecule has 0 radical (unpaired) electrons. The molecule has 108 valence electrons. The van der Waals surface area contributed by atoms with Crippen LogP contribution in [0.5, 0.6) is 5.88 Å². The molecule has 0 spiro atoms. The minimum atomic E-state index is 0.125. The van der Waals surface area contributed by atoms with Crippen molar-refractivity contribution in [1.82, 2.24) is 9.97 Å². The zero-order valence-electron chi connectivity index (χ0n) is 12.3. The smallest absolute Gasteiger partial charge is 0.228 e. The summed E-state index contributed by atoms with van der Waals surface area (Å²) in [5.41, 5.74) is 0. The van der Waals surface area contributed by atoms with Crippen LogP contribution in [-0.2, 0) is 0 Å². The lowest BCUT2D eigenvalue weighted by molar-refractivity contribution is 0.232. The first-order valence-corrected chi connectivity index (χ1v) is 8.06. The first-order chi connectivity index (χ1) is 9.12. The molecule has 4 nitrogen and oxygen atoms in total. The lowest BCUT2D eigenvalue weighted by atomic mass is 10.1. The highest BCUT2D eigenvalue weighted by molar-refractivity contribution is 9.09. The molecule has 0 aliphatic heterocycles. The van der Waals surface area contributed by atoms with Crippen LogP contribution in [0.25, 0.3) is 0 Å². The Kier molecular flexibility index (Phi) is 7.13. The second-order valence-corrected chi connectivity index (χ2v) is 5.51. The van der Waals surface area contributed by atoms with Gasteiger partial charge in [0.1, 0.15) is 0 Å². The van der Waals surface area contributed by atoms with E-state index in [1.165, 1.54) is 0 Å². The molecule has 0 aliphatic rings. The summed E-state index contributed by atoms with van der Waals surface area (Å²) < 4.78 is 5.64. The third-order valence-electron chi connectivity index (χ3n) is 2.94. The molecule has 0 saturated heterocycles. The van der Waals surface area contributed by atoms with Crippen molar-refractivity contribution in [2.45, 2.75) is 52.7 Å². The Bertz CT molecular complexity index is 369. The lowest BCUT2D eigenvalue weighted by Crippen LogP contribution is -2.37. The summed E-state index contributed by atoms with van der Waals surface area (Å²) in [6.07, 6.45) is 4.06. The standard InChI is InChI=1S/C14H24BrN3O/c1-5-12(6-2)18(10-8-15)14-16-9-7-13(17-14)19-11(3)4/h7,9,11-12H,5-6,8,10H2,1-4H3. The third kappa shape index (κ3) is 4.97. The average Bonchev–Trinajstić information content (AvgIpc) is 2.38. The summed E-state index contributed by atoms with van der Waals surface area (Å²) in [5.74, 6) is 1.40. The van der Waals surface area contributed by atoms with E-state index in [1.807, 2.05) is 19.9 Å². The molecule has 0 aromatic carbocycles. The van der Waals surface area contributed by atoms with Gasteiger partial charge < -0.3 is 9.64 Å². The predicted molar refractivity (Wildman–Crippen MR) is 83.3 cm³/mol. The largest absolute Gasteiger partial charge is 0.475 e. The fourth-order valence-electron chi connectivity index (χ4n) is 2.04. The van der Waals surface area contributed by atoms with Gasteiger partial charge in [-0.3, -0.25) is 0 Å². The van der Waals surface area contributed by atoms with E-state index in [4.69, 9.17) is 4.74 Å². The van der Waals surface area contributed by atoms with Crippen LogP contribution in [0, 0.1) is 0 Å². The molecule has 0 atom stereocenters. The highest BCUT2D eigenvalue weighted by Gasteiger charge is 2.18. The molecule has 0 fully saturated rings. The maximum Gasteiger partial charge on any atom is 0.228 e. The normalized spacial score (nSPS) is 11.1. The Morgan fingerprint density at radius 1 is 1.32 bits per heavy atom. The van der Waals surface area contributed by atoms with E-state index in [9.17, 15) is 0 Å². The number of alkyl halides is 1. The molecule has 1 aromatic rings. The monoisotopic (exact) mass is 329 g/mol. The maximum atomic E-state index is 5.64. The minimum absolute atomic E-state index is 0.125. The molecular formula is C14H24BrN3O. The van der Waals surface area contributed by atoms with Gasteiger partial charge >= 0.3 is 0 Å². The average molecular weight is 330 g/mol. The zero-order chi connectivity index (χ0) is 14.3. The number of ether oxygens (including phenoxy) is 1. The Morgan fingerprint density at radius 3 is 2.53 bits per heavy atom. The quantitative estimate of drug-likeness (QED) is 0.682. The molecule has 0 aliphatic carbocycles. The Morgan fingerprint density at radius 2 is 2.00 bits per heavy atom. The van der Waals surface area contributed by atoms with Gasteiger partial charge in [-0.2, -0.15) is 4.98 Å². The molecule has 1 rings (SSSR count). The zero-order valence-corrected chi connectivity index (χ0v) is 13.9. The van der Waals surface area contributed by atoms with Gasteiger partial charge in [-0.15, -0.1) is 0 Å². The summed E-state index contributed by atoms with van der Waals surface area (Å²) >= 11 is 3.50. The van der Waals surface area contributed by atoms with Crippen molar-refractivity contribution in [3.05, 3.63) is 12.3 Å². The molecule has 1 heterocycles. The molecule has 0 N–H and O–H groups in total. The van der Waals surface area contributed by atoms with Crippen LogP contribution in [0.3, 0.4) is 0 Å². The summed E-state index contributed by atoms with van der Waals surface area (Å²) in [4.78, 5) is 11.2. The van der Waals surface area contributed by atoms with Crippen LogP contribution in [0.4, 0.5) is 5.95 Å². The van der Waals surface area contributed by atoms with Gasteiger partial charge in [-0.05, 0) is 26.7 Å². The number of anilines is 1. The van der Waals surface area contributed by atoms with Crippen LogP contribution in [-0.4, -0.2) is 34.0 Å². The van der Waals surface area contributed by atoms with Gasteiger partial charge in [0.2, 0.25) is 11.8 Å². The van der Waals surface area contributed by atoms with E-state index < -0.39 is 0 Å². The van der Waals surface area contributed by atoms with Crippen LogP contribution < -0.4 is 9.64 Å². The molecule has 19 heavy (non-hydrogen) atoms.